The normalized spacial score (nSPS) is 22.6. The molecule has 220 valence electrons. The molecular formula is C31H43N7O3. The molecule has 2 saturated heterocycles. The third-order valence-corrected chi connectivity index (χ3v) is 9.05. The first-order valence-electron chi connectivity index (χ1n) is 15.4. The maximum atomic E-state index is 14.3. The van der Waals surface area contributed by atoms with Gasteiger partial charge in [-0.3, -0.25) is 19.1 Å². The quantitative estimate of drug-likeness (QED) is 0.303. The van der Waals surface area contributed by atoms with E-state index in [4.69, 9.17) is 9.72 Å². The van der Waals surface area contributed by atoms with Crippen molar-refractivity contribution in [2.75, 3.05) is 58.3 Å². The van der Waals surface area contributed by atoms with Gasteiger partial charge in [-0.05, 0) is 56.2 Å². The second-order valence-corrected chi connectivity index (χ2v) is 12.1. The second kappa shape index (κ2) is 12.4. The fourth-order valence-electron chi connectivity index (χ4n) is 6.37. The number of nitrogens with one attached hydrogen (secondary N) is 2. The number of rotatable bonds is 9. The third-order valence-electron chi connectivity index (χ3n) is 9.05. The molecule has 41 heavy (non-hydrogen) atoms. The number of fused-ring (bicyclic) bond motifs is 3. The molecule has 4 heterocycles. The molecule has 6 rings (SSSR count). The summed E-state index contributed by atoms with van der Waals surface area (Å²) in [6.45, 7) is 9.17. The van der Waals surface area contributed by atoms with Crippen molar-refractivity contribution in [2.45, 2.75) is 64.1 Å². The molecule has 2 aromatic heterocycles. The molecule has 3 aliphatic rings. The summed E-state index contributed by atoms with van der Waals surface area (Å²) >= 11 is 0. The molecule has 10 heteroatoms. The fourth-order valence-corrected chi connectivity index (χ4v) is 6.37. The summed E-state index contributed by atoms with van der Waals surface area (Å²) in [6.07, 6.45) is 7.03. The molecule has 1 saturated carbocycles. The molecule has 0 bridgehead atoms. The van der Waals surface area contributed by atoms with E-state index < -0.39 is 0 Å². The molecule has 2 N–H and O–H groups in total. The van der Waals surface area contributed by atoms with Gasteiger partial charge in [0.2, 0.25) is 11.9 Å². The first-order valence-corrected chi connectivity index (χ1v) is 15.4. The standard InChI is InChI=1S/C31H43N7O3/c1-3-4-11-32-31-33-17-27-25-10-5-21(18-37-14-12-36(2)13-15-37)16-26(25)30(40)38(28(27)35-31)24-8-6-22(7-9-24)29(39)34-23-19-41-20-23/h5,10,16-17,22-24H,3-4,6-9,11-15,18-20H2,1-2H3,(H,34,39)(H,32,33,35). The van der Waals surface area contributed by atoms with Gasteiger partial charge in [-0.2, -0.15) is 4.98 Å². The van der Waals surface area contributed by atoms with Crippen molar-refractivity contribution in [1.29, 1.82) is 0 Å². The Morgan fingerprint density at radius 3 is 2.54 bits per heavy atom. The number of ether oxygens (including phenoxy) is 1. The second-order valence-electron chi connectivity index (χ2n) is 12.1. The van der Waals surface area contributed by atoms with Crippen molar-refractivity contribution < 1.29 is 9.53 Å². The van der Waals surface area contributed by atoms with Crippen LogP contribution in [-0.4, -0.2) is 89.3 Å². The fraction of sp³-hybridized carbons (Fsp3) is 0.613. The zero-order valence-electron chi connectivity index (χ0n) is 24.4. The van der Waals surface area contributed by atoms with Crippen LogP contribution in [-0.2, 0) is 16.1 Å². The van der Waals surface area contributed by atoms with Gasteiger partial charge in [0.25, 0.3) is 5.56 Å². The topological polar surface area (TPSA) is 105 Å². The number of nitrogens with zero attached hydrogens (tertiary/aromatic N) is 5. The Balaban J connectivity index is 1.32. The minimum Gasteiger partial charge on any atom is -0.377 e. The molecule has 0 unspecified atom stereocenters. The highest BCUT2D eigenvalue weighted by Gasteiger charge is 2.31. The van der Waals surface area contributed by atoms with E-state index >= 15 is 0 Å². The summed E-state index contributed by atoms with van der Waals surface area (Å²) in [5, 5.41) is 8.97. The van der Waals surface area contributed by atoms with E-state index in [9.17, 15) is 9.59 Å². The van der Waals surface area contributed by atoms with Crippen LogP contribution in [0.4, 0.5) is 5.95 Å². The summed E-state index contributed by atoms with van der Waals surface area (Å²) in [6, 6.07) is 6.44. The number of carbonyl (C=O) groups excluding carboxylic acids is 1. The molecule has 10 nitrogen and oxygen atoms in total. The van der Waals surface area contributed by atoms with Crippen LogP contribution in [0.2, 0.25) is 0 Å². The Kier molecular flexibility index (Phi) is 8.50. The summed E-state index contributed by atoms with van der Waals surface area (Å²) in [5.74, 6) is 0.650. The molecule has 0 radical (unpaired) electrons. The molecule has 0 spiro atoms. The number of hydrogen-bond acceptors (Lipinski definition) is 8. The first kappa shape index (κ1) is 28.1. The molecule has 2 aliphatic heterocycles. The minimum absolute atomic E-state index is 0.00505. The monoisotopic (exact) mass is 561 g/mol. The number of benzene rings is 1. The maximum absolute atomic E-state index is 14.3. The van der Waals surface area contributed by atoms with Crippen LogP contribution in [0.1, 0.15) is 57.1 Å². The van der Waals surface area contributed by atoms with Gasteiger partial charge in [-0.1, -0.05) is 25.5 Å². The predicted molar refractivity (Wildman–Crippen MR) is 161 cm³/mol. The van der Waals surface area contributed by atoms with E-state index in [1.165, 1.54) is 0 Å². The Morgan fingerprint density at radius 2 is 1.83 bits per heavy atom. The van der Waals surface area contributed by atoms with Gasteiger partial charge in [0.1, 0.15) is 5.65 Å². The van der Waals surface area contributed by atoms with Gasteiger partial charge in [-0.15, -0.1) is 0 Å². The van der Waals surface area contributed by atoms with Crippen molar-refractivity contribution in [3.8, 4) is 0 Å². The largest absolute Gasteiger partial charge is 0.377 e. The van der Waals surface area contributed by atoms with Gasteiger partial charge >= 0.3 is 0 Å². The summed E-state index contributed by atoms with van der Waals surface area (Å²) < 4.78 is 7.12. The minimum atomic E-state index is -0.0228. The number of unbranched alkanes of at least 4 members (excludes halogenated alkanes) is 1. The van der Waals surface area contributed by atoms with Crippen molar-refractivity contribution in [3.63, 3.8) is 0 Å². The Morgan fingerprint density at radius 1 is 1.05 bits per heavy atom. The number of amides is 1. The Hall–Kier alpha value is -3.08. The number of piperazine rings is 1. The van der Waals surface area contributed by atoms with Crippen LogP contribution in [0.15, 0.2) is 29.2 Å². The molecule has 1 aliphatic carbocycles. The predicted octanol–water partition coefficient (Wildman–Crippen LogP) is 3.15. The zero-order valence-corrected chi connectivity index (χ0v) is 24.4. The van der Waals surface area contributed by atoms with Gasteiger partial charge < -0.3 is 20.3 Å². The highest BCUT2D eigenvalue weighted by Crippen LogP contribution is 2.35. The lowest BCUT2D eigenvalue weighted by atomic mass is 9.85. The molecule has 1 amide bonds. The van der Waals surface area contributed by atoms with Crippen LogP contribution in [0, 0.1) is 5.92 Å². The number of likely N-dealkylation sites (N-methyl/N-ethyl adjacent to an activating group) is 1. The molecule has 1 aromatic carbocycles. The number of aromatic nitrogens is 3. The average molecular weight is 562 g/mol. The van der Waals surface area contributed by atoms with Crippen LogP contribution in [0.25, 0.3) is 21.8 Å². The van der Waals surface area contributed by atoms with Gasteiger partial charge in [0, 0.05) is 68.2 Å². The number of hydrogen-bond donors (Lipinski definition) is 2. The van der Waals surface area contributed by atoms with E-state index in [1.807, 2.05) is 10.8 Å². The van der Waals surface area contributed by atoms with E-state index in [-0.39, 0.29) is 29.5 Å². The number of carbonyl (C=O) groups is 1. The zero-order chi connectivity index (χ0) is 28.3. The summed E-state index contributed by atoms with van der Waals surface area (Å²) in [5.41, 5.74) is 1.84. The van der Waals surface area contributed by atoms with Gasteiger partial charge in [0.05, 0.1) is 19.3 Å². The highest BCUT2D eigenvalue weighted by molar-refractivity contribution is 6.04. The summed E-state index contributed by atoms with van der Waals surface area (Å²) in [7, 11) is 2.16. The Labute approximate surface area is 241 Å². The van der Waals surface area contributed by atoms with Gasteiger partial charge in [-0.25, -0.2) is 4.98 Å². The van der Waals surface area contributed by atoms with Crippen molar-refractivity contribution in [3.05, 3.63) is 40.3 Å². The van der Waals surface area contributed by atoms with Crippen LogP contribution < -0.4 is 16.2 Å². The van der Waals surface area contributed by atoms with E-state index in [0.717, 1.165) is 99.5 Å². The van der Waals surface area contributed by atoms with E-state index in [1.54, 1.807) is 0 Å². The molecule has 3 fully saturated rings. The van der Waals surface area contributed by atoms with E-state index in [2.05, 4.69) is 57.6 Å². The lowest BCUT2D eigenvalue weighted by molar-refractivity contribution is -0.130. The lowest BCUT2D eigenvalue weighted by Gasteiger charge is -2.33. The summed E-state index contributed by atoms with van der Waals surface area (Å²) in [4.78, 5) is 41.4. The molecule has 0 atom stereocenters. The maximum Gasteiger partial charge on any atom is 0.260 e. The van der Waals surface area contributed by atoms with E-state index in [0.29, 0.717) is 24.8 Å². The van der Waals surface area contributed by atoms with Crippen molar-refractivity contribution in [2.24, 2.45) is 5.92 Å². The number of pyridine rings is 1. The smallest absolute Gasteiger partial charge is 0.260 e. The SMILES string of the molecule is CCCCNc1ncc2c3ccc(CN4CCN(C)CC4)cc3c(=O)n(C3CCC(C(=O)NC4COC4)CC3)c2n1. The first-order chi connectivity index (χ1) is 20.0. The van der Waals surface area contributed by atoms with Crippen LogP contribution in [0.3, 0.4) is 0 Å². The number of anilines is 1. The van der Waals surface area contributed by atoms with Crippen LogP contribution >= 0.6 is 0 Å². The van der Waals surface area contributed by atoms with Crippen molar-refractivity contribution >= 4 is 33.7 Å². The average Bonchev–Trinajstić information content (AvgIpc) is 2.97. The lowest BCUT2D eigenvalue weighted by Crippen LogP contribution is -2.50. The Bertz CT molecular complexity index is 1440. The van der Waals surface area contributed by atoms with Crippen molar-refractivity contribution in [1.82, 2.24) is 29.7 Å². The third kappa shape index (κ3) is 6.10. The van der Waals surface area contributed by atoms with Crippen LogP contribution in [0.5, 0.6) is 0 Å². The van der Waals surface area contributed by atoms with Gasteiger partial charge in [0.15, 0.2) is 0 Å². The molecule has 3 aromatic rings. The molecular weight excluding hydrogens is 518 g/mol. The highest BCUT2D eigenvalue weighted by atomic mass is 16.5.